The molecule has 0 unspecified atom stereocenters. The summed E-state index contributed by atoms with van der Waals surface area (Å²) < 4.78 is 0. The van der Waals surface area contributed by atoms with Gasteiger partial charge in [-0.15, -0.1) is 0 Å². The Balaban J connectivity index is 3.80. The highest BCUT2D eigenvalue weighted by Gasteiger charge is 2.16. The van der Waals surface area contributed by atoms with Crippen molar-refractivity contribution in [2.24, 2.45) is 0 Å². The highest BCUT2D eigenvalue weighted by atomic mass is 16.4. The molecule has 0 heterocycles. The topological polar surface area (TPSA) is 86.6 Å². The van der Waals surface area contributed by atoms with E-state index in [1.165, 1.54) is 0 Å². The van der Waals surface area contributed by atoms with Crippen molar-refractivity contribution in [3.63, 3.8) is 0 Å². The number of carboxylic acids is 2. The first-order chi connectivity index (χ1) is 6.07. The SMILES string of the molecule is CCCN[C@H](CCC(=O)O)C(=O)O. The van der Waals surface area contributed by atoms with Crippen LogP contribution in [0.2, 0.25) is 0 Å². The predicted octanol–water partition coefficient (Wildman–Crippen LogP) is 0.304. The van der Waals surface area contributed by atoms with Crippen LogP contribution < -0.4 is 5.32 Å². The van der Waals surface area contributed by atoms with Gasteiger partial charge in [0.1, 0.15) is 6.04 Å². The Hall–Kier alpha value is -1.10. The molecule has 0 aliphatic heterocycles. The maximum absolute atomic E-state index is 10.6. The molecule has 5 nitrogen and oxygen atoms in total. The van der Waals surface area contributed by atoms with Gasteiger partial charge in [-0.05, 0) is 19.4 Å². The molecule has 0 aromatic heterocycles. The van der Waals surface area contributed by atoms with Crippen LogP contribution in [0.15, 0.2) is 0 Å². The van der Waals surface area contributed by atoms with Gasteiger partial charge in [0.2, 0.25) is 0 Å². The summed E-state index contributed by atoms with van der Waals surface area (Å²) >= 11 is 0. The fraction of sp³-hybridized carbons (Fsp3) is 0.750. The average molecular weight is 189 g/mol. The Morgan fingerprint density at radius 1 is 1.38 bits per heavy atom. The quantitative estimate of drug-likeness (QED) is 0.536. The molecule has 0 saturated carbocycles. The van der Waals surface area contributed by atoms with Crippen molar-refractivity contribution in [2.75, 3.05) is 6.54 Å². The molecule has 0 spiro atoms. The lowest BCUT2D eigenvalue weighted by atomic mass is 10.1. The van der Waals surface area contributed by atoms with E-state index in [1.54, 1.807) is 0 Å². The third kappa shape index (κ3) is 6.10. The molecule has 13 heavy (non-hydrogen) atoms. The number of carboxylic acid groups (broad SMARTS) is 2. The van der Waals surface area contributed by atoms with E-state index in [0.717, 1.165) is 6.42 Å². The average Bonchev–Trinajstić information content (AvgIpc) is 2.03. The molecule has 0 aromatic carbocycles. The van der Waals surface area contributed by atoms with Gasteiger partial charge in [0.25, 0.3) is 0 Å². The van der Waals surface area contributed by atoms with Crippen molar-refractivity contribution in [3.05, 3.63) is 0 Å². The van der Waals surface area contributed by atoms with Gasteiger partial charge in [-0.2, -0.15) is 0 Å². The molecule has 5 heteroatoms. The van der Waals surface area contributed by atoms with Gasteiger partial charge < -0.3 is 15.5 Å². The second-order valence-corrected chi connectivity index (χ2v) is 2.78. The highest BCUT2D eigenvalue weighted by Crippen LogP contribution is 1.97. The summed E-state index contributed by atoms with van der Waals surface area (Å²) in [4.78, 5) is 20.7. The lowest BCUT2D eigenvalue weighted by Crippen LogP contribution is -2.37. The summed E-state index contributed by atoms with van der Waals surface area (Å²) in [5, 5.41) is 19.8. The number of rotatable bonds is 7. The zero-order chi connectivity index (χ0) is 10.3. The summed E-state index contributed by atoms with van der Waals surface area (Å²) in [7, 11) is 0. The molecule has 3 N–H and O–H groups in total. The lowest BCUT2D eigenvalue weighted by Gasteiger charge is -2.11. The van der Waals surface area contributed by atoms with Crippen LogP contribution in [0.1, 0.15) is 26.2 Å². The van der Waals surface area contributed by atoms with Gasteiger partial charge in [0.05, 0.1) is 0 Å². The van der Waals surface area contributed by atoms with Crippen molar-refractivity contribution in [3.8, 4) is 0 Å². The molecule has 0 bridgehead atoms. The number of aliphatic carboxylic acids is 2. The van der Waals surface area contributed by atoms with E-state index >= 15 is 0 Å². The Kier molecular flexibility index (Phi) is 5.88. The lowest BCUT2D eigenvalue weighted by molar-refractivity contribution is -0.140. The molecule has 1 atom stereocenters. The van der Waals surface area contributed by atoms with Crippen molar-refractivity contribution in [1.82, 2.24) is 5.32 Å². The Bertz CT molecular complexity index is 181. The van der Waals surface area contributed by atoms with Gasteiger partial charge in [-0.3, -0.25) is 9.59 Å². The summed E-state index contributed by atoms with van der Waals surface area (Å²) in [6, 6.07) is -0.740. The monoisotopic (exact) mass is 189 g/mol. The third-order valence-corrected chi connectivity index (χ3v) is 1.59. The first kappa shape index (κ1) is 11.9. The molecule has 0 aliphatic rings. The van der Waals surface area contributed by atoms with Crippen molar-refractivity contribution in [1.29, 1.82) is 0 Å². The van der Waals surface area contributed by atoms with E-state index in [0.29, 0.717) is 6.54 Å². The van der Waals surface area contributed by atoms with E-state index in [1.807, 2.05) is 6.92 Å². The molecular weight excluding hydrogens is 174 g/mol. The first-order valence-corrected chi connectivity index (χ1v) is 4.26. The number of carbonyl (C=O) groups is 2. The smallest absolute Gasteiger partial charge is 0.320 e. The zero-order valence-corrected chi connectivity index (χ0v) is 7.62. The minimum atomic E-state index is -0.991. The van der Waals surface area contributed by atoms with Gasteiger partial charge in [-0.1, -0.05) is 6.92 Å². The molecule has 0 rings (SSSR count). The van der Waals surface area contributed by atoms with Gasteiger partial charge >= 0.3 is 11.9 Å². The molecule has 0 amide bonds. The summed E-state index contributed by atoms with van der Waals surface area (Å²) in [5.41, 5.74) is 0. The van der Waals surface area contributed by atoms with Gasteiger partial charge in [-0.25, -0.2) is 0 Å². The number of hydrogen-bond donors (Lipinski definition) is 3. The molecular formula is C8H15NO4. The Labute approximate surface area is 76.8 Å². The second kappa shape index (κ2) is 6.42. The maximum Gasteiger partial charge on any atom is 0.320 e. The predicted molar refractivity (Wildman–Crippen MR) is 46.6 cm³/mol. The maximum atomic E-state index is 10.6. The fourth-order valence-electron chi connectivity index (χ4n) is 0.899. The molecule has 0 aromatic rings. The van der Waals surface area contributed by atoms with Crippen LogP contribution in [0.3, 0.4) is 0 Å². The van der Waals surface area contributed by atoms with Crippen LogP contribution in [0.25, 0.3) is 0 Å². The van der Waals surface area contributed by atoms with E-state index in [9.17, 15) is 9.59 Å². The van der Waals surface area contributed by atoms with Crippen LogP contribution in [0.4, 0.5) is 0 Å². The summed E-state index contributed by atoms with van der Waals surface area (Å²) in [6.45, 7) is 2.51. The second-order valence-electron chi connectivity index (χ2n) is 2.78. The van der Waals surface area contributed by atoms with Crippen LogP contribution in [0, 0.1) is 0 Å². The Morgan fingerprint density at radius 2 is 2.00 bits per heavy atom. The molecule has 0 fully saturated rings. The minimum Gasteiger partial charge on any atom is -0.481 e. The highest BCUT2D eigenvalue weighted by molar-refractivity contribution is 5.75. The van der Waals surface area contributed by atoms with Gasteiger partial charge in [0, 0.05) is 6.42 Å². The number of hydrogen-bond acceptors (Lipinski definition) is 3. The third-order valence-electron chi connectivity index (χ3n) is 1.59. The molecule has 76 valence electrons. The van der Waals surface area contributed by atoms with Crippen LogP contribution in [-0.4, -0.2) is 34.7 Å². The van der Waals surface area contributed by atoms with Crippen LogP contribution in [-0.2, 0) is 9.59 Å². The molecule has 0 radical (unpaired) electrons. The van der Waals surface area contributed by atoms with Crippen molar-refractivity contribution in [2.45, 2.75) is 32.2 Å². The van der Waals surface area contributed by atoms with Crippen molar-refractivity contribution < 1.29 is 19.8 Å². The normalized spacial score (nSPS) is 12.4. The van der Waals surface area contributed by atoms with Crippen LogP contribution >= 0.6 is 0 Å². The number of nitrogens with one attached hydrogen (secondary N) is 1. The van der Waals surface area contributed by atoms with E-state index < -0.39 is 18.0 Å². The molecule has 0 saturated heterocycles. The summed E-state index contributed by atoms with van der Waals surface area (Å²) in [6.07, 6.45) is 0.842. The van der Waals surface area contributed by atoms with Gasteiger partial charge in [0.15, 0.2) is 0 Å². The van der Waals surface area contributed by atoms with Crippen molar-refractivity contribution >= 4 is 11.9 Å². The Morgan fingerprint density at radius 3 is 2.38 bits per heavy atom. The largest absolute Gasteiger partial charge is 0.481 e. The van der Waals surface area contributed by atoms with E-state index in [4.69, 9.17) is 10.2 Å². The van der Waals surface area contributed by atoms with E-state index in [2.05, 4.69) is 5.32 Å². The zero-order valence-electron chi connectivity index (χ0n) is 7.62. The molecule has 0 aliphatic carbocycles. The first-order valence-electron chi connectivity index (χ1n) is 4.26. The van der Waals surface area contributed by atoms with E-state index in [-0.39, 0.29) is 12.8 Å². The minimum absolute atomic E-state index is 0.117. The standard InChI is InChI=1S/C8H15NO4/c1-2-5-9-6(8(12)13)3-4-7(10)11/h6,9H,2-5H2,1H3,(H,10,11)(H,12,13)/t6-/m1/s1. The van der Waals surface area contributed by atoms with Crippen LogP contribution in [0.5, 0.6) is 0 Å². The fourth-order valence-corrected chi connectivity index (χ4v) is 0.899. The summed E-state index contributed by atoms with van der Waals surface area (Å²) in [5.74, 6) is -1.96.